The highest BCUT2D eigenvalue weighted by Gasteiger charge is 2.25. The smallest absolute Gasteiger partial charge is 0.293 e. The Morgan fingerprint density at radius 1 is 1.09 bits per heavy atom. The summed E-state index contributed by atoms with van der Waals surface area (Å²) in [6.07, 6.45) is 0.728. The van der Waals surface area contributed by atoms with Crippen molar-refractivity contribution < 1.29 is 9.31 Å². The fourth-order valence-corrected chi connectivity index (χ4v) is 4.14. The Morgan fingerprint density at radius 3 is 2.45 bits per heavy atom. The molecular formula is C23H19FN6O3. The lowest BCUT2D eigenvalue weighted by Crippen LogP contribution is -2.26. The SMILES string of the molecule is CCC(C)n1c(C)nc2c(c1=O)c1nc3ccccc3nc1n2-c1ccc(F)c([N+](=O)[O-])c1. The summed E-state index contributed by atoms with van der Waals surface area (Å²) < 4.78 is 17.2. The van der Waals surface area contributed by atoms with Gasteiger partial charge in [0.1, 0.15) is 16.7 Å². The van der Waals surface area contributed by atoms with E-state index in [1.165, 1.54) is 10.6 Å². The predicted molar refractivity (Wildman–Crippen MR) is 122 cm³/mol. The van der Waals surface area contributed by atoms with Crippen LogP contribution in [0.1, 0.15) is 32.1 Å². The first kappa shape index (κ1) is 20.7. The summed E-state index contributed by atoms with van der Waals surface area (Å²) in [4.78, 5) is 38.3. The number of para-hydroxylation sites is 2. The number of aromatic nitrogens is 5. The summed E-state index contributed by atoms with van der Waals surface area (Å²) in [5, 5.41) is 11.6. The normalized spacial score (nSPS) is 12.6. The van der Waals surface area contributed by atoms with Crippen molar-refractivity contribution in [2.24, 2.45) is 0 Å². The van der Waals surface area contributed by atoms with Crippen molar-refractivity contribution in [2.75, 3.05) is 0 Å². The molecule has 0 aliphatic carbocycles. The highest BCUT2D eigenvalue weighted by molar-refractivity contribution is 6.05. The molecule has 33 heavy (non-hydrogen) atoms. The lowest BCUT2D eigenvalue weighted by Gasteiger charge is -2.16. The Kier molecular flexibility index (Phi) is 4.66. The number of rotatable bonds is 4. The standard InChI is InChI=1S/C23H19FN6O3/c1-4-12(2)28-13(3)25-21-19(23(28)31)20-22(27-17-8-6-5-7-16(17)26-20)29(21)14-9-10-15(24)18(11-14)30(32)33/h5-12H,4H2,1-3H3. The van der Waals surface area contributed by atoms with Gasteiger partial charge < -0.3 is 0 Å². The number of halogens is 1. The van der Waals surface area contributed by atoms with Gasteiger partial charge in [-0.25, -0.2) is 15.0 Å². The third-order valence-corrected chi connectivity index (χ3v) is 5.90. The zero-order chi connectivity index (χ0) is 23.4. The van der Waals surface area contributed by atoms with Gasteiger partial charge in [-0.3, -0.25) is 24.0 Å². The molecule has 0 N–H and O–H groups in total. The van der Waals surface area contributed by atoms with Crippen LogP contribution in [0, 0.1) is 22.9 Å². The maximum absolute atomic E-state index is 14.1. The maximum atomic E-state index is 14.1. The van der Waals surface area contributed by atoms with Crippen molar-refractivity contribution in [3.05, 3.63) is 74.6 Å². The molecule has 10 heteroatoms. The molecule has 0 amide bonds. The monoisotopic (exact) mass is 446 g/mol. The highest BCUT2D eigenvalue weighted by atomic mass is 19.1. The minimum atomic E-state index is -0.954. The number of benzene rings is 2. The summed E-state index contributed by atoms with van der Waals surface area (Å²) in [5.74, 6) is -0.462. The molecular weight excluding hydrogens is 427 g/mol. The van der Waals surface area contributed by atoms with Gasteiger partial charge in [-0.2, -0.15) is 4.39 Å². The fraction of sp³-hybridized carbons (Fsp3) is 0.217. The van der Waals surface area contributed by atoms with Crippen LogP contribution in [0.4, 0.5) is 10.1 Å². The number of nitrogens with zero attached hydrogens (tertiary/aromatic N) is 6. The van der Waals surface area contributed by atoms with Gasteiger partial charge in [-0.1, -0.05) is 19.1 Å². The second-order valence-electron chi connectivity index (χ2n) is 7.90. The van der Waals surface area contributed by atoms with E-state index in [1.54, 1.807) is 23.6 Å². The van der Waals surface area contributed by atoms with Crippen molar-refractivity contribution >= 4 is 38.9 Å². The van der Waals surface area contributed by atoms with E-state index in [0.29, 0.717) is 28.0 Å². The average Bonchev–Trinajstić information content (AvgIpc) is 3.10. The highest BCUT2D eigenvalue weighted by Crippen LogP contribution is 2.31. The van der Waals surface area contributed by atoms with Gasteiger partial charge in [0.05, 0.1) is 21.6 Å². The molecule has 3 aromatic heterocycles. The van der Waals surface area contributed by atoms with E-state index in [2.05, 4.69) is 4.98 Å². The van der Waals surface area contributed by atoms with Crippen LogP contribution >= 0.6 is 0 Å². The van der Waals surface area contributed by atoms with Crippen LogP contribution in [-0.4, -0.2) is 29.0 Å². The molecule has 5 rings (SSSR count). The first-order valence-corrected chi connectivity index (χ1v) is 10.5. The molecule has 0 bridgehead atoms. The third kappa shape index (κ3) is 3.05. The Labute approximate surface area is 186 Å². The van der Waals surface area contributed by atoms with Gasteiger partial charge in [0.25, 0.3) is 5.56 Å². The molecule has 0 aliphatic rings. The summed E-state index contributed by atoms with van der Waals surface area (Å²) in [6, 6.07) is 10.7. The minimum Gasteiger partial charge on any atom is -0.293 e. The number of nitro benzene ring substituents is 1. The van der Waals surface area contributed by atoms with Crippen LogP contribution in [0.25, 0.3) is 38.9 Å². The third-order valence-electron chi connectivity index (χ3n) is 5.90. The van der Waals surface area contributed by atoms with Gasteiger partial charge in [0.15, 0.2) is 11.3 Å². The van der Waals surface area contributed by atoms with Crippen LogP contribution in [-0.2, 0) is 0 Å². The molecule has 0 radical (unpaired) electrons. The first-order chi connectivity index (χ1) is 15.8. The molecule has 2 aromatic carbocycles. The van der Waals surface area contributed by atoms with Crippen molar-refractivity contribution in [1.29, 1.82) is 0 Å². The number of hydrogen-bond donors (Lipinski definition) is 0. The molecule has 3 heterocycles. The molecule has 166 valence electrons. The fourth-order valence-electron chi connectivity index (χ4n) is 4.14. The van der Waals surface area contributed by atoms with E-state index in [9.17, 15) is 19.3 Å². The minimum absolute atomic E-state index is 0.0897. The van der Waals surface area contributed by atoms with Crippen LogP contribution in [0.5, 0.6) is 0 Å². The number of aryl methyl sites for hydroxylation is 1. The molecule has 0 saturated carbocycles. The van der Waals surface area contributed by atoms with Crippen LogP contribution < -0.4 is 5.56 Å². The van der Waals surface area contributed by atoms with E-state index >= 15 is 0 Å². The van der Waals surface area contributed by atoms with Crippen molar-refractivity contribution in [3.8, 4) is 5.69 Å². The maximum Gasteiger partial charge on any atom is 0.306 e. The lowest BCUT2D eigenvalue weighted by atomic mass is 10.2. The van der Waals surface area contributed by atoms with E-state index in [1.807, 2.05) is 26.0 Å². The summed E-state index contributed by atoms with van der Waals surface area (Å²) in [7, 11) is 0. The van der Waals surface area contributed by atoms with Crippen LogP contribution in [0.3, 0.4) is 0 Å². The van der Waals surface area contributed by atoms with Crippen molar-refractivity contribution in [1.82, 2.24) is 24.1 Å². The van der Waals surface area contributed by atoms with E-state index in [4.69, 9.17) is 9.97 Å². The number of nitro groups is 1. The van der Waals surface area contributed by atoms with E-state index in [0.717, 1.165) is 18.6 Å². The summed E-state index contributed by atoms with van der Waals surface area (Å²) >= 11 is 0. The molecule has 5 aromatic rings. The zero-order valence-electron chi connectivity index (χ0n) is 18.1. The van der Waals surface area contributed by atoms with Gasteiger partial charge in [-0.15, -0.1) is 0 Å². The molecule has 0 saturated heterocycles. The number of hydrogen-bond acceptors (Lipinski definition) is 6. The van der Waals surface area contributed by atoms with Gasteiger partial charge >= 0.3 is 5.69 Å². The molecule has 0 fully saturated rings. The number of fused-ring (bicyclic) bond motifs is 4. The Bertz CT molecular complexity index is 1660. The molecule has 9 nitrogen and oxygen atoms in total. The average molecular weight is 446 g/mol. The molecule has 1 unspecified atom stereocenters. The molecule has 1 atom stereocenters. The quantitative estimate of drug-likeness (QED) is 0.295. The second-order valence-corrected chi connectivity index (χ2v) is 7.90. The molecule has 0 aliphatic heterocycles. The summed E-state index contributed by atoms with van der Waals surface area (Å²) in [6.45, 7) is 5.65. The van der Waals surface area contributed by atoms with Crippen molar-refractivity contribution in [2.45, 2.75) is 33.2 Å². The van der Waals surface area contributed by atoms with E-state index in [-0.39, 0.29) is 28.3 Å². The van der Waals surface area contributed by atoms with Gasteiger partial charge in [0, 0.05) is 12.1 Å². The predicted octanol–water partition coefficient (Wildman–Crippen LogP) is 4.61. The van der Waals surface area contributed by atoms with Gasteiger partial charge in [0.2, 0.25) is 5.82 Å². The zero-order valence-corrected chi connectivity index (χ0v) is 18.1. The van der Waals surface area contributed by atoms with Crippen molar-refractivity contribution in [3.63, 3.8) is 0 Å². The molecule has 0 spiro atoms. The van der Waals surface area contributed by atoms with Crippen LogP contribution in [0.15, 0.2) is 47.3 Å². The largest absolute Gasteiger partial charge is 0.306 e. The second kappa shape index (κ2) is 7.44. The van der Waals surface area contributed by atoms with Gasteiger partial charge in [-0.05, 0) is 44.5 Å². The first-order valence-electron chi connectivity index (χ1n) is 10.5. The van der Waals surface area contributed by atoms with Crippen LogP contribution in [0.2, 0.25) is 0 Å². The Morgan fingerprint density at radius 2 is 1.79 bits per heavy atom. The topological polar surface area (TPSA) is 109 Å². The Hall–Kier alpha value is -4.21. The summed E-state index contributed by atoms with van der Waals surface area (Å²) in [5.41, 5.74) is 1.43. The lowest BCUT2D eigenvalue weighted by molar-refractivity contribution is -0.387. The Balaban J connectivity index is 2.00. The van der Waals surface area contributed by atoms with E-state index < -0.39 is 16.4 Å².